The fourth-order valence-corrected chi connectivity index (χ4v) is 2.36. The summed E-state index contributed by atoms with van der Waals surface area (Å²) in [5.41, 5.74) is 2.30. The standard InChI is InChI=1S/C15H20N2O3/c1-4-10-6-13(10)17-15(20)16-11-5-8(2)9(3)12(7-11)14(18)19/h5,7,10,13H,4,6H2,1-3H3,(H,18,19)(H2,16,17,20). The lowest BCUT2D eigenvalue weighted by atomic mass is 10.0. The maximum absolute atomic E-state index is 11.8. The Hall–Kier alpha value is -2.04. The van der Waals surface area contributed by atoms with Crippen LogP contribution in [0.2, 0.25) is 0 Å². The molecule has 1 aliphatic rings. The van der Waals surface area contributed by atoms with Gasteiger partial charge < -0.3 is 15.7 Å². The van der Waals surface area contributed by atoms with Crippen LogP contribution in [-0.4, -0.2) is 23.1 Å². The van der Waals surface area contributed by atoms with Gasteiger partial charge in [-0.15, -0.1) is 0 Å². The third-order valence-electron chi connectivity index (χ3n) is 3.92. The summed E-state index contributed by atoms with van der Waals surface area (Å²) in [5, 5.41) is 14.7. The highest BCUT2D eigenvalue weighted by atomic mass is 16.4. The van der Waals surface area contributed by atoms with Gasteiger partial charge in [0, 0.05) is 11.7 Å². The molecule has 5 nitrogen and oxygen atoms in total. The molecule has 1 saturated carbocycles. The molecule has 5 heteroatoms. The van der Waals surface area contributed by atoms with Gasteiger partial charge in [-0.05, 0) is 49.4 Å². The minimum Gasteiger partial charge on any atom is -0.478 e. The number of nitrogens with one attached hydrogen (secondary N) is 2. The van der Waals surface area contributed by atoms with E-state index in [9.17, 15) is 9.59 Å². The molecule has 1 aliphatic carbocycles. The van der Waals surface area contributed by atoms with E-state index in [-0.39, 0.29) is 17.6 Å². The molecule has 1 aromatic carbocycles. The van der Waals surface area contributed by atoms with Crippen LogP contribution in [0.3, 0.4) is 0 Å². The van der Waals surface area contributed by atoms with Crippen LogP contribution in [0.4, 0.5) is 10.5 Å². The molecule has 108 valence electrons. The number of aromatic carboxylic acids is 1. The summed E-state index contributed by atoms with van der Waals surface area (Å²) in [7, 11) is 0. The quantitative estimate of drug-likeness (QED) is 0.791. The Labute approximate surface area is 118 Å². The Morgan fingerprint density at radius 1 is 1.35 bits per heavy atom. The van der Waals surface area contributed by atoms with Gasteiger partial charge in [-0.1, -0.05) is 13.3 Å². The Kier molecular flexibility index (Phi) is 3.97. The Morgan fingerprint density at radius 3 is 2.60 bits per heavy atom. The zero-order valence-electron chi connectivity index (χ0n) is 12.0. The Balaban J connectivity index is 2.06. The average Bonchev–Trinajstić information content (AvgIpc) is 3.11. The summed E-state index contributed by atoms with van der Waals surface area (Å²) >= 11 is 0. The van der Waals surface area contributed by atoms with Crippen LogP contribution in [0.25, 0.3) is 0 Å². The van der Waals surface area contributed by atoms with E-state index >= 15 is 0 Å². The van der Waals surface area contributed by atoms with Crippen LogP contribution >= 0.6 is 0 Å². The highest BCUT2D eigenvalue weighted by Gasteiger charge is 2.36. The van der Waals surface area contributed by atoms with Crippen LogP contribution in [0.1, 0.15) is 41.3 Å². The first-order chi connectivity index (χ1) is 9.42. The number of rotatable bonds is 4. The number of amides is 2. The number of carboxylic acids is 1. The van der Waals surface area contributed by atoms with Crippen LogP contribution in [0, 0.1) is 19.8 Å². The second-order valence-electron chi connectivity index (χ2n) is 5.38. The summed E-state index contributed by atoms with van der Waals surface area (Å²) in [6.45, 7) is 5.70. The van der Waals surface area contributed by atoms with Crippen molar-refractivity contribution in [1.82, 2.24) is 5.32 Å². The van der Waals surface area contributed by atoms with Crippen molar-refractivity contribution in [1.29, 1.82) is 0 Å². The average molecular weight is 276 g/mol. The van der Waals surface area contributed by atoms with E-state index in [1.165, 1.54) is 6.07 Å². The lowest BCUT2D eigenvalue weighted by Gasteiger charge is -2.11. The summed E-state index contributed by atoms with van der Waals surface area (Å²) < 4.78 is 0. The van der Waals surface area contributed by atoms with Crippen LogP contribution in [-0.2, 0) is 0 Å². The van der Waals surface area contributed by atoms with Gasteiger partial charge in [-0.3, -0.25) is 0 Å². The molecular formula is C15H20N2O3. The minimum absolute atomic E-state index is 0.221. The zero-order valence-corrected chi connectivity index (χ0v) is 12.0. The van der Waals surface area contributed by atoms with Gasteiger partial charge in [-0.25, -0.2) is 9.59 Å². The highest BCUT2D eigenvalue weighted by molar-refractivity contribution is 5.94. The molecular weight excluding hydrogens is 256 g/mol. The number of hydrogen-bond donors (Lipinski definition) is 3. The fraction of sp³-hybridized carbons (Fsp3) is 0.467. The predicted octanol–water partition coefficient (Wildman–Crippen LogP) is 2.92. The minimum atomic E-state index is -0.983. The van der Waals surface area contributed by atoms with E-state index in [1.807, 2.05) is 6.92 Å². The fourth-order valence-electron chi connectivity index (χ4n) is 2.36. The van der Waals surface area contributed by atoms with Gasteiger partial charge in [0.15, 0.2) is 0 Å². The number of carbonyl (C=O) groups is 2. The first-order valence-electron chi connectivity index (χ1n) is 6.84. The zero-order chi connectivity index (χ0) is 14.9. The van der Waals surface area contributed by atoms with E-state index in [2.05, 4.69) is 17.6 Å². The van der Waals surface area contributed by atoms with Gasteiger partial charge in [0.25, 0.3) is 0 Å². The second kappa shape index (κ2) is 5.53. The topological polar surface area (TPSA) is 78.4 Å². The van der Waals surface area contributed by atoms with Crippen molar-refractivity contribution in [3.63, 3.8) is 0 Å². The molecule has 2 unspecified atom stereocenters. The molecule has 2 atom stereocenters. The smallest absolute Gasteiger partial charge is 0.336 e. The van der Waals surface area contributed by atoms with Crippen LogP contribution in [0.15, 0.2) is 12.1 Å². The molecule has 1 fully saturated rings. The lowest BCUT2D eigenvalue weighted by molar-refractivity contribution is 0.0696. The number of hydrogen-bond acceptors (Lipinski definition) is 2. The molecule has 0 aromatic heterocycles. The number of urea groups is 1. The SMILES string of the molecule is CCC1CC1NC(=O)Nc1cc(C)c(C)c(C(=O)O)c1. The van der Waals surface area contributed by atoms with Gasteiger partial charge in [0.1, 0.15) is 0 Å². The van der Waals surface area contributed by atoms with Gasteiger partial charge in [0.2, 0.25) is 0 Å². The number of benzene rings is 1. The molecule has 3 N–H and O–H groups in total. The first-order valence-corrected chi connectivity index (χ1v) is 6.84. The van der Waals surface area contributed by atoms with Crippen molar-refractivity contribution >= 4 is 17.7 Å². The van der Waals surface area contributed by atoms with Gasteiger partial charge >= 0.3 is 12.0 Å². The van der Waals surface area contributed by atoms with Gasteiger partial charge in [-0.2, -0.15) is 0 Å². The van der Waals surface area contributed by atoms with Crippen molar-refractivity contribution in [3.8, 4) is 0 Å². The highest BCUT2D eigenvalue weighted by Crippen LogP contribution is 2.33. The first kappa shape index (κ1) is 14.4. The van der Waals surface area contributed by atoms with Crippen molar-refractivity contribution in [3.05, 3.63) is 28.8 Å². The second-order valence-corrected chi connectivity index (χ2v) is 5.38. The molecule has 0 bridgehead atoms. The Bertz CT molecular complexity index is 554. The van der Waals surface area contributed by atoms with E-state index in [0.717, 1.165) is 24.0 Å². The number of aryl methyl sites for hydroxylation is 1. The molecule has 2 rings (SSSR count). The molecule has 2 amide bonds. The molecule has 0 saturated heterocycles. The van der Waals surface area contributed by atoms with Crippen molar-refractivity contribution in [2.45, 2.75) is 39.7 Å². The van der Waals surface area contributed by atoms with E-state index in [4.69, 9.17) is 5.11 Å². The summed E-state index contributed by atoms with van der Waals surface area (Å²) in [5.74, 6) is -0.405. The third-order valence-corrected chi connectivity index (χ3v) is 3.92. The van der Waals surface area contributed by atoms with E-state index in [0.29, 0.717) is 11.6 Å². The van der Waals surface area contributed by atoms with Crippen molar-refractivity contribution in [2.24, 2.45) is 5.92 Å². The molecule has 1 aromatic rings. The normalized spacial score (nSPS) is 20.4. The van der Waals surface area contributed by atoms with Gasteiger partial charge in [0.05, 0.1) is 5.56 Å². The largest absolute Gasteiger partial charge is 0.478 e. The van der Waals surface area contributed by atoms with Crippen molar-refractivity contribution in [2.75, 3.05) is 5.32 Å². The monoisotopic (exact) mass is 276 g/mol. The summed E-state index contributed by atoms with van der Waals surface area (Å²) in [6, 6.07) is 3.26. The van der Waals surface area contributed by atoms with E-state index < -0.39 is 5.97 Å². The van der Waals surface area contributed by atoms with Crippen molar-refractivity contribution < 1.29 is 14.7 Å². The molecule has 0 heterocycles. The third kappa shape index (κ3) is 3.10. The number of carbonyl (C=O) groups excluding carboxylic acids is 1. The molecule has 0 radical (unpaired) electrons. The molecule has 0 aliphatic heterocycles. The summed E-state index contributed by atoms with van der Waals surface area (Å²) in [4.78, 5) is 23.0. The number of carboxylic acid groups (broad SMARTS) is 1. The predicted molar refractivity (Wildman–Crippen MR) is 77.2 cm³/mol. The maximum atomic E-state index is 11.8. The molecule has 0 spiro atoms. The lowest BCUT2D eigenvalue weighted by Crippen LogP contribution is -2.31. The Morgan fingerprint density at radius 2 is 2.05 bits per heavy atom. The number of anilines is 1. The molecule has 20 heavy (non-hydrogen) atoms. The summed E-state index contributed by atoms with van der Waals surface area (Å²) in [6.07, 6.45) is 2.09. The van der Waals surface area contributed by atoms with E-state index in [1.54, 1.807) is 13.0 Å². The van der Waals surface area contributed by atoms with Crippen LogP contribution < -0.4 is 10.6 Å². The van der Waals surface area contributed by atoms with Crippen LogP contribution in [0.5, 0.6) is 0 Å². The maximum Gasteiger partial charge on any atom is 0.336 e.